The number of aliphatic hydroxyl groups excluding tert-OH is 1. The van der Waals surface area contributed by atoms with E-state index in [0.29, 0.717) is 25.7 Å². The van der Waals surface area contributed by atoms with E-state index in [1.165, 1.54) is 7.11 Å². The predicted molar refractivity (Wildman–Crippen MR) is 64.8 cm³/mol. The standard InChI is InChI=1S/C13H22O5/c1-17-12(15)7-5-3-2-4-6-10(14)11-8-9-13(16)18-11/h10-11,14H,2-9H2,1H3/t10-,11-/m0/s1. The minimum Gasteiger partial charge on any atom is -0.469 e. The van der Waals surface area contributed by atoms with Crippen molar-refractivity contribution in [2.24, 2.45) is 0 Å². The Morgan fingerprint density at radius 1 is 1.44 bits per heavy atom. The number of carbonyl (C=O) groups excluding carboxylic acids is 2. The molecule has 0 saturated carbocycles. The van der Waals surface area contributed by atoms with Crippen LogP contribution in [0.2, 0.25) is 0 Å². The van der Waals surface area contributed by atoms with E-state index < -0.39 is 6.10 Å². The van der Waals surface area contributed by atoms with Crippen molar-refractivity contribution in [2.75, 3.05) is 7.11 Å². The van der Waals surface area contributed by atoms with Crippen LogP contribution in [0.4, 0.5) is 0 Å². The third-order valence-corrected chi connectivity index (χ3v) is 3.20. The Bertz CT molecular complexity index is 277. The SMILES string of the molecule is COC(=O)CCCCCC[C@H](O)[C@@H]1CCC(=O)O1. The molecule has 0 radical (unpaired) electrons. The van der Waals surface area contributed by atoms with Gasteiger partial charge < -0.3 is 14.6 Å². The molecule has 1 aliphatic heterocycles. The number of carbonyl (C=O) groups is 2. The summed E-state index contributed by atoms with van der Waals surface area (Å²) in [6.07, 6.45) is 4.92. The van der Waals surface area contributed by atoms with Crippen LogP contribution in [0.5, 0.6) is 0 Å². The van der Waals surface area contributed by atoms with Crippen LogP contribution < -0.4 is 0 Å². The third kappa shape index (κ3) is 5.49. The first-order valence-corrected chi connectivity index (χ1v) is 6.58. The molecule has 5 nitrogen and oxygen atoms in total. The zero-order valence-electron chi connectivity index (χ0n) is 10.9. The van der Waals surface area contributed by atoms with Gasteiger partial charge in [-0.1, -0.05) is 19.3 Å². The maximum absolute atomic E-state index is 10.9. The van der Waals surface area contributed by atoms with Crippen molar-refractivity contribution in [1.29, 1.82) is 0 Å². The lowest BCUT2D eigenvalue weighted by Crippen LogP contribution is -2.25. The summed E-state index contributed by atoms with van der Waals surface area (Å²) in [4.78, 5) is 21.7. The molecule has 104 valence electrons. The van der Waals surface area contributed by atoms with Crippen LogP contribution in [0.15, 0.2) is 0 Å². The summed E-state index contributed by atoms with van der Waals surface area (Å²) in [5.74, 6) is -0.384. The highest BCUT2D eigenvalue weighted by molar-refractivity contribution is 5.71. The van der Waals surface area contributed by atoms with Crippen LogP contribution in [0, 0.1) is 0 Å². The first-order chi connectivity index (χ1) is 8.63. The van der Waals surface area contributed by atoms with E-state index in [2.05, 4.69) is 4.74 Å². The van der Waals surface area contributed by atoms with Crippen molar-refractivity contribution in [3.05, 3.63) is 0 Å². The van der Waals surface area contributed by atoms with Crippen molar-refractivity contribution in [3.63, 3.8) is 0 Å². The Kier molecular flexibility index (Phi) is 6.72. The van der Waals surface area contributed by atoms with E-state index in [0.717, 1.165) is 25.7 Å². The minimum atomic E-state index is -0.544. The number of hydrogen-bond acceptors (Lipinski definition) is 5. The Morgan fingerprint density at radius 2 is 2.17 bits per heavy atom. The highest BCUT2D eigenvalue weighted by Gasteiger charge is 2.29. The van der Waals surface area contributed by atoms with E-state index in [-0.39, 0.29) is 18.0 Å². The fraction of sp³-hybridized carbons (Fsp3) is 0.846. The molecule has 2 atom stereocenters. The predicted octanol–water partition coefficient (Wildman–Crippen LogP) is 1.57. The molecule has 1 aliphatic rings. The van der Waals surface area contributed by atoms with E-state index in [9.17, 15) is 14.7 Å². The number of rotatable bonds is 8. The number of methoxy groups -OCH3 is 1. The summed E-state index contributed by atoms with van der Waals surface area (Å²) in [7, 11) is 1.39. The zero-order valence-corrected chi connectivity index (χ0v) is 10.9. The maximum atomic E-state index is 10.9. The second kappa shape index (κ2) is 8.08. The lowest BCUT2D eigenvalue weighted by molar-refractivity contribution is -0.145. The van der Waals surface area contributed by atoms with Crippen LogP contribution >= 0.6 is 0 Å². The molecule has 0 amide bonds. The molecule has 1 heterocycles. The van der Waals surface area contributed by atoms with Crippen molar-refractivity contribution in [3.8, 4) is 0 Å². The second-order valence-corrected chi connectivity index (χ2v) is 4.66. The number of cyclic esters (lactones) is 1. The lowest BCUT2D eigenvalue weighted by atomic mass is 10.0. The average Bonchev–Trinajstić information content (AvgIpc) is 2.79. The molecule has 5 heteroatoms. The minimum absolute atomic E-state index is 0.173. The van der Waals surface area contributed by atoms with E-state index in [4.69, 9.17) is 4.74 Å². The Labute approximate surface area is 107 Å². The van der Waals surface area contributed by atoms with Crippen molar-refractivity contribution in [2.45, 2.75) is 63.6 Å². The normalized spacial score (nSPS) is 20.6. The molecule has 0 bridgehead atoms. The molecule has 1 N–H and O–H groups in total. The summed E-state index contributed by atoms with van der Waals surface area (Å²) >= 11 is 0. The van der Waals surface area contributed by atoms with Crippen LogP contribution in [0.3, 0.4) is 0 Å². The fourth-order valence-corrected chi connectivity index (χ4v) is 2.08. The Morgan fingerprint density at radius 3 is 2.78 bits per heavy atom. The van der Waals surface area contributed by atoms with Crippen LogP contribution in [-0.4, -0.2) is 36.4 Å². The molecule has 0 unspecified atom stereocenters. The zero-order chi connectivity index (χ0) is 13.4. The molecular formula is C13H22O5. The highest BCUT2D eigenvalue weighted by Crippen LogP contribution is 2.20. The largest absolute Gasteiger partial charge is 0.469 e. The van der Waals surface area contributed by atoms with E-state index >= 15 is 0 Å². The molecule has 0 aromatic rings. The van der Waals surface area contributed by atoms with Gasteiger partial charge >= 0.3 is 11.9 Å². The van der Waals surface area contributed by atoms with Gasteiger partial charge in [-0.3, -0.25) is 9.59 Å². The van der Waals surface area contributed by atoms with Gasteiger partial charge in [0.25, 0.3) is 0 Å². The number of ether oxygens (including phenoxy) is 2. The van der Waals surface area contributed by atoms with Gasteiger partial charge in [-0.25, -0.2) is 0 Å². The average molecular weight is 258 g/mol. The number of esters is 2. The molecule has 1 rings (SSSR count). The smallest absolute Gasteiger partial charge is 0.306 e. The number of hydrogen-bond donors (Lipinski definition) is 1. The third-order valence-electron chi connectivity index (χ3n) is 3.20. The maximum Gasteiger partial charge on any atom is 0.306 e. The molecule has 0 aromatic heterocycles. The van der Waals surface area contributed by atoms with Crippen LogP contribution in [-0.2, 0) is 19.1 Å². The Balaban J connectivity index is 1.97. The monoisotopic (exact) mass is 258 g/mol. The van der Waals surface area contributed by atoms with Gasteiger partial charge in [0.05, 0.1) is 13.2 Å². The first kappa shape index (κ1) is 15.0. The molecule has 18 heavy (non-hydrogen) atoms. The van der Waals surface area contributed by atoms with Gasteiger partial charge in [0.2, 0.25) is 0 Å². The molecule has 1 fully saturated rings. The van der Waals surface area contributed by atoms with Gasteiger partial charge in [0, 0.05) is 12.8 Å². The van der Waals surface area contributed by atoms with Gasteiger partial charge in [-0.2, -0.15) is 0 Å². The van der Waals surface area contributed by atoms with E-state index in [1.807, 2.05) is 0 Å². The summed E-state index contributed by atoms with van der Waals surface area (Å²) in [5.41, 5.74) is 0. The highest BCUT2D eigenvalue weighted by atomic mass is 16.6. The molecule has 0 spiro atoms. The lowest BCUT2D eigenvalue weighted by Gasteiger charge is -2.16. The molecule has 0 aliphatic carbocycles. The van der Waals surface area contributed by atoms with Crippen molar-refractivity contribution in [1.82, 2.24) is 0 Å². The van der Waals surface area contributed by atoms with Crippen LogP contribution in [0.1, 0.15) is 51.4 Å². The second-order valence-electron chi connectivity index (χ2n) is 4.66. The van der Waals surface area contributed by atoms with Gasteiger partial charge in [-0.05, 0) is 19.3 Å². The molecular weight excluding hydrogens is 236 g/mol. The summed E-state index contributed by atoms with van der Waals surface area (Å²) in [6, 6.07) is 0. The van der Waals surface area contributed by atoms with Gasteiger partial charge in [0.15, 0.2) is 0 Å². The quantitative estimate of drug-likeness (QED) is 0.528. The van der Waals surface area contributed by atoms with Crippen LogP contribution in [0.25, 0.3) is 0 Å². The molecule has 0 aromatic carbocycles. The number of aliphatic hydroxyl groups is 1. The molecule has 1 saturated heterocycles. The number of unbranched alkanes of at least 4 members (excludes halogenated alkanes) is 3. The van der Waals surface area contributed by atoms with Crippen molar-refractivity contribution >= 4 is 11.9 Å². The first-order valence-electron chi connectivity index (χ1n) is 6.58. The summed E-state index contributed by atoms with van der Waals surface area (Å²) < 4.78 is 9.54. The van der Waals surface area contributed by atoms with E-state index in [1.54, 1.807) is 0 Å². The van der Waals surface area contributed by atoms with Gasteiger partial charge in [0.1, 0.15) is 6.10 Å². The fourth-order valence-electron chi connectivity index (χ4n) is 2.08. The summed E-state index contributed by atoms with van der Waals surface area (Å²) in [5, 5.41) is 9.80. The van der Waals surface area contributed by atoms with Gasteiger partial charge in [-0.15, -0.1) is 0 Å². The van der Waals surface area contributed by atoms with Crippen molar-refractivity contribution < 1.29 is 24.2 Å². The Hall–Kier alpha value is -1.10. The summed E-state index contributed by atoms with van der Waals surface area (Å²) in [6.45, 7) is 0. The topological polar surface area (TPSA) is 72.8 Å².